The predicted octanol–water partition coefficient (Wildman–Crippen LogP) is 2.05. The lowest BCUT2D eigenvalue weighted by Crippen LogP contribution is -1.96. The van der Waals surface area contributed by atoms with Gasteiger partial charge in [-0.15, -0.1) is 21.5 Å². The lowest BCUT2D eigenvalue weighted by molar-refractivity contribution is 0.903. The first kappa shape index (κ1) is 10.2. The minimum atomic E-state index is 0.747. The van der Waals surface area contributed by atoms with Gasteiger partial charge in [0.1, 0.15) is 0 Å². The molecule has 0 atom stereocenters. The van der Waals surface area contributed by atoms with Crippen molar-refractivity contribution in [2.75, 3.05) is 5.73 Å². The zero-order valence-electron chi connectivity index (χ0n) is 9.51. The fourth-order valence-electron chi connectivity index (χ4n) is 1.75. The Balaban J connectivity index is 2.30. The zero-order valence-corrected chi connectivity index (χ0v) is 10.3. The fraction of sp³-hybridized carbons (Fsp3) is 0.182. The van der Waals surface area contributed by atoms with Crippen molar-refractivity contribution >= 4 is 22.0 Å². The Morgan fingerprint density at radius 1 is 1.24 bits per heavy atom. The lowest BCUT2D eigenvalue weighted by Gasteiger charge is -1.98. The summed E-state index contributed by atoms with van der Waals surface area (Å²) in [6.07, 6.45) is 0. The molecule has 0 spiro atoms. The summed E-state index contributed by atoms with van der Waals surface area (Å²) in [5.74, 6) is 0.753. The summed E-state index contributed by atoms with van der Waals surface area (Å²) in [6.45, 7) is 3.96. The molecular formula is C11H11N5S. The second-order valence-electron chi connectivity index (χ2n) is 3.93. The van der Waals surface area contributed by atoms with Crippen molar-refractivity contribution < 1.29 is 0 Å². The number of thiophene rings is 1. The summed E-state index contributed by atoms with van der Waals surface area (Å²) in [7, 11) is 0. The Morgan fingerprint density at radius 2 is 2.06 bits per heavy atom. The van der Waals surface area contributed by atoms with Gasteiger partial charge in [0.15, 0.2) is 11.5 Å². The molecule has 0 aromatic carbocycles. The number of nitrogens with two attached hydrogens (primary N) is 1. The average molecular weight is 245 g/mol. The van der Waals surface area contributed by atoms with Gasteiger partial charge in [-0.1, -0.05) is 0 Å². The van der Waals surface area contributed by atoms with Gasteiger partial charge in [0.25, 0.3) is 0 Å². The Morgan fingerprint density at radius 3 is 2.76 bits per heavy atom. The van der Waals surface area contributed by atoms with Gasteiger partial charge in [0, 0.05) is 0 Å². The molecule has 0 unspecified atom stereocenters. The zero-order chi connectivity index (χ0) is 12.0. The number of rotatable bonds is 1. The minimum Gasteiger partial charge on any atom is -0.391 e. The molecule has 86 valence electrons. The van der Waals surface area contributed by atoms with Crippen LogP contribution < -0.4 is 5.73 Å². The van der Waals surface area contributed by atoms with Gasteiger partial charge in [-0.25, -0.2) is 0 Å². The van der Waals surface area contributed by atoms with E-state index < -0.39 is 0 Å². The number of aromatic nitrogens is 4. The number of hydrogen-bond acceptors (Lipinski definition) is 5. The van der Waals surface area contributed by atoms with Crippen molar-refractivity contribution in [1.29, 1.82) is 0 Å². The number of hydrogen-bond donors (Lipinski definition) is 1. The Kier molecular flexibility index (Phi) is 2.12. The van der Waals surface area contributed by atoms with Crippen LogP contribution in [0.3, 0.4) is 0 Å². The molecule has 3 heterocycles. The first-order valence-corrected chi connectivity index (χ1v) is 6.02. The molecule has 6 heteroatoms. The van der Waals surface area contributed by atoms with Crippen LogP contribution in [-0.2, 0) is 0 Å². The molecule has 0 aliphatic heterocycles. The minimum absolute atomic E-state index is 0.747. The maximum Gasteiger partial charge on any atom is 0.195 e. The normalized spacial score (nSPS) is 11.2. The van der Waals surface area contributed by atoms with E-state index in [-0.39, 0.29) is 0 Å². The van der Waals surface area contributed by atoms with Crippen LogP contribution in [0.4, 0.5) is 5.00 Å². The van der Waals surface area contributed by atoms with E-state index in [1.54, 1.807) is 4.52 Å². The van der Waals surface area contributed by atoms with Gasteiger partial charge < -0.3 is 5.73 Å². The molecule has 17 heavy (non-hydrogen) atoms. The number of aryl methyl sites for hydroxylation is 2. The summed E-state index contributed by atoms with van der Waals surface area (Å²) >= 11 is 1.51. The van der Waals surface area contributed by atoms with Crippen molar-refractivity contribution in [3.05, 3.63) is 29.5 Å². The van der Waals surface area contributed by atoms with Crippen LogP contribution in [0.1, 0.15) is 11.3 Å². The first-order valence-electron chi connectivity index (χ1n) is 5.20. The third kappa shape index (κ3) is 1.57. The Bertz CT molecular complexity index is 697. The van der Waals surface area contributed by atoms with Crippen molar-refractivity contribution in [2.45, 2.75) is 13.8 Å². The second kappa shape index (κ2) is 3.53. The Hall–Kier alpha value is -1.95. The number of nitrogens with zero attached hydrogens (tertiary/aromatic N) is 4. The molecule has 0 radical (unpaired) electrons. The van der Waals surface area contributed by atoms with Crippen molar-refractivity contribution in [3.63, 3.8) is 0 Å². The third-order valence-corrected chi connectivity index (χ3v) is 3.60. The maximum absolute atomic E-state index is 5.80. The van der Waals surface area contributed by atoms with E-state index in [0.29, 0.717) is 0 Å². The molecule has 0 amide bonds. The van der Waals surface area contributed by atoms with Crippen LogP contribution in [0, 0.1) is 13.8 Å². The van der Waals surface area contributed by atoms with Crippen molar-refractivity contribution in [2.24, 2.45) is 0 Å². The number of nitrogen functional groups attached to an aromatic ring is 1. The quantitative estimate of drug-likeness (QED) is 0.712. The van der Waals surface area contributed by atoms with E-state index >= 15 is 0 Å². The molecular weight excluding hydrogens is 234 g/mol. The molecule has 0 bridgehead atoms. The smallest absolute Gasteiger partial charge is 0.195 e. The standard InChI is InChI=1S/C11H11N5S/c1-6-5-8(12)17-10(6)11-14-13-9-4-3-7(2)15-16(9)11/h3-5H,12H2,1-2H3. The first-order chi connectivity index (χ1) is 8.15. The van der Waals surface area contributed by atoms with Gasteiger partial charge in [-0.2, -0.15) is 9.61 Å². The lowest BCUT2D eigenvalue weighted by atomic mass is 10.3. The van der Waals surface area contributed by atoms with Crippen LogP contribution in [0.2, 0.25) is 0 Å². The average Bonchev–Trinajstić information content (AvgIpc) is 2.81. The molecule has 3 rings (SSSR count). The fourth-order valence-corrected chi connectivity index (χ4v) is 2.66. The van der Waals surface area contributed by atoms with E-state index in [4.69, 9.17) is 5.73 Å². The third-order valence-electron chi connectivity index (χ3n) is 2.54. The van der Waals surface area contributed by atoms with E-state index in [1.165, 1.54) is 11.3 Å². The van der Waals surface area contributed by atoms with Crippen molar-refractivity contribution in [1.82, 2.24) is 19.8 Å². The molecule has 0 saturated heterocycles. The number of fused-ring (bicyclic) bond motifs is 1. The predicted molar refractivity (Wildman–Crippen MR) is 68.0 cm³/mol. The molecule has 0 fully saturated rings. The highest BCUT2D eigenvalue weighted by Crippen LogP contribution is 2.32. The van der Waals surface area contributed by atoms with E-state index in [2.05, 4.69) is 15.3 Å². The molecule has 3 aromatic rings. The van der Waals surface area contributed by atoms with Gasteiger partial charge in [-0.05, 0) is 37.6 Å². The molecule has 5 nitrogen and oxygen atoms in total. The summed E-state index contributed by atoms with van der Waals surface area (Å²) in [4.78, 5) is 1.02. The van der Waals surface area contributed by atoms with Crippen LogP contribution in [0.25, 0.3) is 16.3 Å². The maximum atomic E-state index is 5.80. The highest BCUT2D eigenvalue weighted by molar-refractivity contribution is 7.19. The van der Waals surface area contributed by atoms with Crippen LogP contribution in [0.5, 0.6) is 0 Å². The second-order valence-corrected chi connectivity index (χ2v) is 5.01. The van der Waals surface area contributed by atoms with E-state index in [9.17, 15) is 0 Å². The van der Waals surface area contributed by atoms with E-state index in [1.807, 2.05) is 32.0 Å². The SMILES string of the molecule is Cc1ccc2nnc(-c3sc(N)cc3C)n2n1. The van der Waals surface area contributed by atoms with Gasteiger partial charge in [0.2, 0.25) is 0 Å². The monoisotopic (exact) mass is 245 g/mol. The molecule has 0 saturated carbocycles. The summed E-state index contributed by atoms with van der Waals surface area (Å²) < 4.78 is 1.76. The topological polar surface area (TPSA) is 69.1 Å². The van der Waals surface area contributed by atoms with Gasteiger partial charge in [0.05, 0.1) is 15.6 Å². The molecule has 2 N–H and O–H groups in total. The van der Waals surface area contributed by atoms with Crippen LogP contribution in [0.15, 0.2) is 18.2 Å². The molecule has 0 aliphatic rings. The van der Waals surface area contributed by atoms with Crippen molar-refractivity contribution in [3.8, 4) is 10.7 Å². The highest BCUT2D eigenvalue weighted by Gasteiger charge is 2.14. The largest absolute Gasteiger partial charge is 0.391 e. The summed E-state index contributed by atoms with van der Waals surface area (Å²) in [5, 5.41) is 13.5. The number of anilines is 1. The van der Waals surface area contributed by atoms with Gasteiger partial charge >= 0.3 is 0 Å². The summed E-state index contributed by atoms with van der Waals surface area (Å²) in [6, 6.07) is 5.77. The van der Waals surface area contributed by atoms with Gasteiger partial charge in [-0.3, -0.25) is 0 Å². The van der Waals surface area contributed by atoms with Crippen LogP contribution >= 0.6 is 11.3 Å². The molecule has 3 aromatic heterocycles. The van der Waals surface area contributed by atoms with Crippen LogP contribution in [-0.4, -0.2) is 19.8 Å². The van der Waals surface area contributed by atoms with E-state index in [0.717, 1.165) is 32.6 Å². The summed E-state index contributed by atoms with van der Waals surface area (Å²) in [5.41, 5.74) is 8.58. The highest BCUT2D eigenvalue weighted by atomic mass is 32.1. The molecule has 0 aliphatic carbocycles. The Labute approximate surface area is 102 Å².